The van der Waals surface area contributed by atoms with Crippen molar-refractivity contribution in [2.75, 3.05) is 18.0 Å². The van der Waals surface area contributed by atoms with E-state index in [4.69, 9.17) is 9.26 Å². The fourth-order valence-electron chi connectivity index (χ4n) is 3.54. The molecule has 0 atom stereocenters. The Labute approximate surface area is 188 Å². The molecule has 0 radical (unpaired) electrons. The maximum absolute atomic E-state index is 12.9. The standard InChI is InChI=1S/C20H17F3N4O5S/c21-20(22,23)13-3-4-14(15(10-13)27(29)30)26-7-5-12(6-8-26)19(28)31-11-17-24-18(25-32-17)16-2-1-9-33-16/h1-4,9-10,12H,5-8,11H2. The van der Waals surface area contributed by atoms with Crippen LogP contribution < -0.4 is 4.90 Å². The summed E-state index contributed by atoms with van der Waals surface area (Å²) in [6.07, 6.45) is -4.01. The largest absolute Gasteiger partial charge is 0.455 e. The third-order valence-electron chi connectivity index (χ3n) is 5.22. The number of aromatic nitrogens is 2. The number of carbonyl (C=O) groups is 1. The number of nitro groups is 1. The van der Waals surface area contributed by atoms with Gasteiger partial charge in [0.2, 0.25) is 5.82 Å². The summed E-state index contributed by atoms with van der Waals surface area (Å²) in [5, 5.41) is 17.0. The van der Waals surface area contributed by atoms with Gasteiger partial charge >= 0.3 is 12.1 Å². The lowest BCUT2D eigenvalue weighted by atomic mass is 9.96. The first-order chi connectivity index (χ1) is 15.7. The van der Waals surface area contributed by atoms with Crippen molar-refractivity contribution in [1.82, 2.24) is 10.1 Å². The summed E-state index contributed by atoms with van der Waals surface area (Å²) in [5.74, 6) is -0.353. The Bertz CT molecular complexity index is 1140. The molecule has 0 unspecified atom stereocenters. The van der Waals surface area contributed by atoms with Crippen molar-refractivity contribution in [3.63, 3.8) is 0 Å². The Hall–Kier alpha value is -3.48. The number of halogens is 3. The first-order valence-electron chi connectivity index (χ1n) is 9.86. The van der Waals surface area contributed by atoms with Crippen LogP contribution in [0.15, 0.2) is 40.2 Å². The number of esters is 1. The number of rotatable bonds is 6. The summed E-state index contributed by atoms with van der Waals surface area (Å²) in [7, 11) is 0. The van der Waals surface area contributed by atoms with E-state index < -0.39 is 34.2 Å². The highest BCUT2D eigenvalue weighted by molar-refractivity contribution is 7.13. The molecule has 4 rings (SSSR count). The zero-order valence-corrected chi connectivity index (χ0v) is 17.8. The van der Waals surface area contributed by atoms with Gasteiger partial charge in [-0.05, 0) is 36.4 Å². The molecular formula is C20H17F3N4O5S. The normalized spacial score (nSPS) is 14.9. The summed E-state index contributed by atoms with van der Waals surface area (Å²) in [5.41, 5.74) is -1.62. The van der Waals surface area contributed by atoms with Crippen molar-refractivity contribution in [2.24, 2.45) is 5.92 Å². The number of alkyl halides is 3. The fraction of sp³-hybridized carbons (Fsp3) is 0.350. The quantitative estimate of drug-likeness (QED) is 0.283. The maximum atomic E-state index is 12.9. The molecule has 33 heavy (non-hydrogen) atoms. The van der Waals surface area contributed by atoms with Gasteiger partial charge < -0.3 is 14.2 Å². The van der Waals surface area contributed by atoms with Gasteiger partial charge in [-0.3, -0.25) is 14.9 Å². The Kier molecular flexibility index (Phi) is 6.31. The van der Waals surface area contributed by atoms with Crippen LogP contribution in [0.3, 0.4) is 0 Å². The van der Waals surface area contributed by atoms with Gasteiger partial charge in [-0.25, -0.2) is 0 Å². The lowest BCUT2D eigenvalue weighted by molar-refractivity contribution is -0.384. The Morgan fingerprint density at radius 2 is 2.06 bits per heavy atom. The number of carbonyl (C=O) groups excluding carboxylic acids is 1. The second-order valence-electron chi connectivity index (χ2n) is 7.32. The van der Waals surface area contributed by atoms with Crippen LogP contribution in [-0.2, 0) is 22.3 Å². The minimum Gasteiger partial charge on any atom is -0.455 e. The lowest BCUT2D eigenvalue weighted by Gasteiger charge is -2.32. The van der Waals surface area contributed by atoms with E-state index in [-0.39, 0.29) is 31.3 Å². The second kappa shape index (κ2) is 9.17. The number of nitrogens with zero attached hydrogens (tertiary/aromatic N) is 4. The molecular weight excluding hydrogens is 465 g/mol. The smallest absolute Gasteiger partial charge is 0.416 e. The van der Waals surface area contributed by atoms with Crippen molar-refractivity contribution in [3.05, 3.63) is 57.3 Å². The number of anilines is 1. The van der Waals surface area contributed by atoms with E-state index >= 15 is 0 Å². The zero-order valence-electron chi connectivity index (χ0n) is 16.9. The molecule has 1 fully saturated rings. The van der Waals surface area contributed by atoms with E-state index in [1.165, 1.54) is 11.3 Å². The predicted molar refractivity (Wildman–Crippen MR) is 110 cm³/mol. The van der Waals surface area contributed by atoms with E-state index in [1.54, 1.807) is 4.90 Å². The van der Waals surface area contributed by atoms with E-state index in [9.17, 15) is 28.1 Å². The number of thiophene rings is 1. The van der Waals surface area contributed by atoms with Gasteiger partial charge in [0, 0.05) is 19.2 Å². The summed E-state index contributed by atoms with van der Waals surface area (Å²) < 4.78 is 49.1. The van der Waals surface area contributed by atoms with Crippen molar-refractivity contribution in [1.29, 1.82) is 0 Å². The van der Waals surface area contributed by atoms with Crippen LogP contribution in [0.25, 0.3) is 10.7 Å². The van der Waals surface area contributed by atoms with Crippen LogP contribution in [0.5, 0.6) is 0 Å². The Morgan fingerprint density at radius 3 is 2.70 bits per heavy atom. The van der Waals surface area contributed by atoms with Crippen LogP contribution in [-0.4, -0.2) is 34.1 Å². The number of piperidine rings is 1. The van der Waals surface area contributed by atoms with Crippen molar-refractivity contribution < 1.29 is 32.1 Å². The molecule has 1 aliphatic rings. The van der Waals surface area contributed by atoms with E-state index in [0.717, 1.165) is 17.0 Å². The molecule has 2 aromatic heterocycles. The molecule has 1 aliphatic heterocycles. The SMILES string of the molecule is O=C(OCc1nc(-c2cccs2)no1)C1CCN(c2ccc(C(F)(F)F)cc2[N+](=O)[O-])CC1. The highest BCUT2D eigenvalue weighted by atomic mass is 32.1. The molecule has 174 valence electrons. The van der Waals surface area contributed by atoms with Gasteiger partial charge in [0.25, 0.3) is 11.6 Å². The first-order valence-corrected chi connectivity index (χ1v) is 10.7. The van der Waals surface area contributed by atoms with E-state index in [0.29, 0.717) is 24.7 Å². The average Bonchev–Trinajstić information content (AvgIpc) is 3.48. The second-order valence-corrected chi connectivity index (χ2v) is 8.26. The lowest BCUT2D eigenvalue weighted by Crippen LogP contribution is -2.37. The molecule has 3 aromatic rings. The number of hydrogen-bond donors (Lipinski definition) is 0. The van der Waals surface area contributed by atoms with Crippen LogP contribution in [0.2, 0.25) is 0 Å². The van der Waals surface area contributed by atoms with Gasteiger partial charge in [-0.2, -0.15) is 18.2 Å². The maximum Gasteiger partial charge on any atom is 0.416 e. The number of hydrogen-bond acceptors (Lipinski definition) is 9. The number of nitro benzene ring substituents is 1. The van der Waals surface area contributed by atoms with Crippen LogP contribution >= 0.6 is 11.3 Å². The molecule has 1 saturated heterocycles. The highest BCUT2D eigenvalue weighted by Crippen LogP contribution is 2.37. The summed E-state index contributed by atoms with van der Waals surface area (Å²) in [6.45, 7) is 0.339. The van der Waals surface area contributed by atoms with Gasteiger partial charge in [0.1, 0.15) is 5.69 Å². The summed E-state index contributed by atoms with van der Waals surface area (Å²) >= 11 is 1.44. The third kappa shape index (κ3) is 5.13. The van der Waals surface area contributed by atoms with Gasteiger partial charge in [-0.15, -0.1) is 11.3 Å². The van der Waals surface area contributed by atoms with Crippen LogP contribution in [0.1, 0.15) is 24.3 Å². The Balaban J connectivity index is 1.34. The van der Waals surface area contributed by atoms with E-state index in [1.807, 2.05) is 17.5 Å². The molecule has 13 heteroatoms. The van der Waals surface area contributed by atoms with Gasteiger partial charge in [0.15, 0.2) is 6.61 Å². The van der Waals surface area contributed by atoms with Gasteiger partial charge in [0.05, 0.1) is 21.3 Å². The van der Waals surface area contributed by atoms with Crippen LogP contribution in [0, 0.1) is 16.0 Å². The Morgan fingerprint density at radius 1 is 1.30 bits per heavy atom. The minimum atomic E-state index is -4.68. The monoisotopic (exact) mass is 482 g/mol. The molecule has 9 nitrogen and oxygen atoms in total. The molecule has 0 spiro atoms. The van der Waals surface area contributed by atoms with Crippen molar-refractivity contribution >= 4 is 28.7 Å². The topological polar surface area (TPSA) is 112 Å². The predicted octanol–water partition coefficient (Wildman–Crippen LogP) is 4.68. The van der Waals surface area contributed by atoms with Crippen LogP contribution in [0.4, 0.5) is 24.5 Å². The minimum absolute atomic E-state index is 0.0896. The fourth-order valence-corrected chi connectivity index (χ4v) is 4.19. The summed E-state index contributed by atoms with van der Waals surface area (Å²) in [6, 6.07) is 6.13. The zero-order chi connectivity index (χ0) is 23.6. The van der Waals surface area contributed by atoms with Crippen molar-refractivity contribution in [3.8, 4) is 10.7 Å². The highest BCUT2D eigenvalue weighted by Gasteiger charge is 2.35. The summed E-state index contributed by atoms with van der Waals surface area (Å²) in [4.78, 5) is 29.5. The molecule has 1 aromatic carbocycles. The molecule has 0 amide bonds. The molecule has 3 heterocycles. The first kappa shape index (κ1) is 22.7. The third-order valence-corrected chi connectivity index (χ3v) is 6.08. The number of benzene rings is 1. The molecule has 0 aliphatic carbocycles. The molecule has 0 bridgehead atoms. The number of ether oxygens (including phenoxy) is 1. The average molecular weight is 482 g/mol. The molecule has 0 saturated carbocycles. The van der Waals surface area contributed by atoms with Crippen molar-refractivity contribution in [2.45, 2.75) is 25.6 Å². The molecule has 0 N–H and O–H groups in total. The van der Waals surface area contributed by atoms with Gasteiger partial charge in [-0.1, -0.05) is 11.2 Å². The van der Waals surface area contributed by atoms with E-state index in [2.05, 4.69) is 10.1 Å².